The number of nitrogens with one attached hydrogen (secondary N) is 1. The summed E-state index contributed by atoms with van der Waals surface area (Å²) in [4.78, 5) is 16.8. The lowest BCUT2D eigenvalue weighted by molar-refractivity contribution is 0.102. The van der Waals surface area contributed by atoms with Crippen LogP contribution in [0.2, 0.25) is 0 Å². The Balaban J connectivity index is 1.23. The molecule has 160 valence electrons. The fourth-order valence-electron chi connectivity index (χ4n) is 3.19. The van der Waals surface area contributed by atoms with Gasteiger partial charge in [0.15, 0.2) is 17.3 Å². The minimum absolute atomic E-state index is 0.165. The first-order chi connectivity index (χ1) is 15.6. The number of hydrogen-bond donors (Lipinski definition) is 1. The summed E-state index contributed by atoms with van der Waals surface area (Å²) in [5, 5.41) is 11.2. The Morgan fingerprint density at radius 2 is 1.81 bits per heavy atom. The number of anilines is 1. The molecule has 0 fully saturated rings. The van der Waals surface area contributed by atoms with Gasteiger partial charge in [-0.1, -0.05) is 0 Å². The smallest absolute Gasteiger partial charge is 0.255 e. The Morgan fingerprint density at radius 1 is 1.00 bits per heavy atom. The van der Waals surface area contributed by atoms with Crippen LogP contribution in [0.4, 0.5) is 5.69 Å². The molecule has 2 aromatic carbocycles. The number of carbonyl (C=O) groups excluding carboxylic acids is 1. The van der Waals surface area contributed by atoms with Crippen molar-refractivity contribution >= 4 is 11.6 Å². The maximum Gasteiger partial charge on any atom is 0.255 e. The SMILES string of the molecule is Cc1ncn(-c2ccc(Oc3ccc(NC(=O)c4ccc5c(c4)OCO5)cc3)nn2)c1C. The van der Waals surface area contributed by atoms with Crippen molar-refractivity contribution in [3.63, 3.8) is 0 Å². The predicted molar refractivity (Wildman–Crippen MR) is 116 cm³/mol. The first kappa shape index (κ1) is 19.6. The Bertz CT molecular complexity index is 1280. The number of ether oxygens (including phenoxy) is 3. The molecule has 0 saturated heterocycles. The number of fused-ring (bicyclic) bond motifs is 1. The third-order valence-electron chi connectivity index (χ3n) is 5.09. The number of aryl methyl sites for hydroxylation is 1. The molecule has 5 rings (SSSR count). The maximum atomic E-state index is 12.5. The van der Waals surface area contributed by atoms with Gasteiger partial charge in [0.2, 0.25) is 12.7 Å². The summed E-state index contributed by atoms with van der Waals surface area (Å²) in [6.45, 7) is 4.08. The summed E-state index contributed by atoms with van der Waals surface area (Å²) in [6, 6.07) is 15.6. The summed E-state index contributed by atoms with van der Waals surface area (Å²) in [5.74, 6) is 2.55. The van der Waals surface area contributed by atoms with E-state index < -0.39 is 0 Å². The fourth-order valence-corrected chi connectivity index (χ4v) is 3.19. The van der Waals surface area contributed by atoms with Crippen LogP contribution < -0.4 is 19.5 Å². The van der Waals surface area contributed by atoms with E-state index in [0.29, 0.717) is 40.2 Å². The number of aromatic nitrogens is 4. The summed E-state index contributed by atoms with van der Waals surface area (Å²) < 4.78 is 18.2. The molecule has 0 atom stereocenters. The molecule has 3 heterocycles. The van der Waals surface area contributed by atoms with Gasteiger partial charge in [0, 0.05) is 23.0 Å². The van der Waals surface area contributed by atoms with E-state index in [1.165, 1.54) is 0 Å². The van der Waals surface area contributed by atoms with Crippen molar-refractivity contribution in [2.45, 2.75) is 13.8 Å². The fraction of sp³-hybridized carbons (Fsp3) is 0.130. The van der Waals surface area contributed by atoms with E-state index in [0.717, 1.165) is 11.4 Å². The van der Waals surface area contributed by atoms with Crippen LogP contribution in [0.25, 0.3) is 5.82 Å². The second-order valence-corrected chi connectivity index (χ2v) is 7.16. The van der Waals surface area contributed by atoms with Gasteiger partial charge in [0.25, 0.3) is 5.91 Å². The Labute approximate surface area is 183 Å². The monoisotopic (exact) mass is 429 g/mol. The van der Waals surface area contributed by atoms with Crippen LogP contribution in [0.5, 0.6) is 23.1 Å². The molecule has 1 aliphatic heterocycles. The molecule has 1 aliphatic rings. The number of nitrogens with zero attached hydrogens (tertiary/aromatic N) is 4. The standard InChI is InChI=1S/C23H19N5O4/c1-14-15(2)28(12-24-14)21-9-10-22(27-26-21)32-18-6-4-17(5-7-18)25-23(29)16-3-8-19-20(11-16)31-13-30-19/h3-12H,13H2,1-2H3,(H,25,29). The van der Waals surface area contributed by atoms with Crippen LogP contribution in [0.1, 0.15) is 21.7 Å². The average molecular weight is 429 g/mol. The highest BCUT2D eigenvalue weighted by molar-refractivity contribution is 6.04. The highest BCUT2D eigenvalue weighted by atomic mass is 16.7. The van der Waals surface area contributed by atoms with Crippen LogP contribution >= 0.6 is 0 Å². The zero-order chi connectivity index (χ0) is 22.1. The number of amides is 1. The molecule has 0 bridgehead atoms. The molecule has 32 heavy (non-hydrogen) atoms. The topological polar surface area (TPSA) is 100 Å². The molecule has 9 heteroatoms. The van der Waals surface area contributed by atoms with Gasteiger partial charge in [-0.15, -0.1) is 10.2 Å². The molecule has 0 saturated carbocycles. The van der Waals surface area contributed by atoms with Crippen molar-refractivity contribution in [2.75, 3.05) is 12.1 Å². The van der Waals surface area contributed by atoms with Crippen molar-refractivity contribution < 1.29 is 19.0 Å². The quantitative estimate of drug-likeness (QED) is 0.511. The van der Waals surface area contributed by atoms with Gasteiger partial charge in [-0.05, 0) is 62.4 Å². The van der Waals surface area contributed by atoms with Crippen LogP contribution in [0, 0.1) is 13.8 Å². The number of benzene rings is 2. The largest absolute Gasteiger partial charge is 0.454 e. The molecule has 0 unspecified atom stereocenters. The molecule has 1 N–H and O–H groups in total. The molecule has 0 spiro atoms. The molecule has 0 aliphatic carbocycles. The zero-order valence-electron chi connectivity index (χ0n) is 17.4. The minimum Gasteiger partial charge on any atom is -0.454 e. The second kappa shape index (κ2) is 8.03. The van der Waals surface area contributed by atoms with Gasteiger partial charge in [-0.3, -0.25) is 9.36 Å². The van der Waals surface area contributed by atoms with Crippen molar-refractivity contribution in [3.05, 3.63) is 77.9 Å². The van der Waals surface area contributed by atoms with E-state index in [1.54, 1.807) is 54.9 Å². The normalized spacial score (nSPS) is 11.9. The molecule has 2 aromatic heterocycles. The highest BCUT2D eigenvalue weighted by Gasteiger charge is 2.16. The van der Waals surface area contributed by atoms with Crippen molar-refractivity contribution in [1.29, 1.82) is 0 Å². The molecule has 4 aromatic rings. The maximum absolute atomic E-state index is 12.5. The van der Waals surface area contributed by atoms with Gasteiger partial charge < -0.3 is 19.5 Å². The van der Waals surface area contributed by atoms with E-state index in [4.69, 9.17) is 14.2 Å². The number of carbonyl (C=O) groups is 1. The molecule has 1 amide bonds. The van der Waals surface area contributed by atoms with E-state index in [-0.39, 0.29) is 12.7 Å². The second-order valence-electron chi connectivity index (χ2n) is 7.16. The van der Waals surface area contributed by atoms with Crippen LogP contribution in [0.15, 0.2) is 60.9 Å². The highest BCUT2D eigenvalue weighted by Crippen LogP contribution is 2.32. The van der Waals surface area contributed by atoms with Crippen LogP contribution in [-0.4, -0.2) is 32.4 Å². The summed E-state index contributed by atoms with van der Waals surface area (Å²) in [5.41, 5.74) is 3.06. The van der Waals surface area contributed by atoms with Gasteiger partial charge in [-0.2, -0.15) is 0 Å². The predicted octanol–water partition coefficient (Wildman–Crippen LogP) is 4.05. The lowest BCUT2D eigenvalue weighted by Gasteiger charge is -2.09. The first-order valence-corrected chi connectivity index (χ1v) is 9.90. The third kappa shape index (κ3) is 3.83. The van der Waals surface area contributed by atoms with Crippen molar-refractivity contribution in [3.8, 4) is 28.9 Å². The molecular formula is C23H19N5O4. The average Bonchev–Trinajstić information content (AvgIpc) is 3.42. The number of hydrogen-bond acceptors (Lipinski definition) is 7. The zero-order valence-corrected chi connectivity index (χ0v) is 17.4. The minimum atomic E-state index is -0.247. The summed E-state index contributed by atoms with van der Waals surface area (Å²) in [7, 11) is 0. The first-order valence-electron chi connectivity index (χ1n) is 9.90. The number of rotatable bonds is 5. The molecule has 0 radical (unpaired) electrons. The van der Waals surface area contributed by atoms with E-state index >= 15 is 0 Å². The van der Waals surface area contributed by atoms with Crippen LogP contribution in [0.3, 0.4) is 0 Å². The van der Waals surface area contributed by atoms with Crippen molar-refractivity contribution in [2.24, 2.45) is 0 Å². The number of imidazole rings is 1. The van der Waals surface area contributed by atoms with Gasteiger partial charge in [0.1, 0.15) is 12.1 Å². The summed E-state index contributed by atoms with van der Waals surface area (Å²) in [6.07, 6.45) is 1.71. The van der Waals surface area contributed by atoms with Gasteiger partial charge in [-0.25, -0.2) is 4.98 Å². The molecular weight excluding hydrogens is 410 g/mol. The lowest BCUT2D eigenvalue weighted by atomic mass is 10.2. The van der Waals surface area contributed by atoms with E-state index in [1.807, 2.05) is 24.5 Å². The summed E-state index contributed by atoms with van der Waals surface area (Å²) >= 11 is 0. The van der Waals surface area contributed by atoms with E-state index in [2.05, 4.69) is 20.5 Å². The van der Waals surface area contributed by atoms with Crippen LogP contribution in [-0.2, 0) is 0 Å². The van der Waals surface area contributed by atoms with E-state index in [9.17, 15) is 4.79 Å². The van der Waals surface area contributed by atoms with Crippen molar-refractivity contribution in [1.82, 2.24) is 19.7 Å². The van der Waals surface area contributed by atoms with Gasteiger partial charge in [0.05, 0.1) is 5.69 Å². The Kier molecular flexibility index (Phi) is 4.91. The lowest BCUT2D eigenvalue weighted by Crippen LogP contribution is -2.11. The Hall–Kier alpha value is -4.40. The third-order valence-corrected chi connectivity index (χ3v) is 5.09. The van der Waals surface area contributed by atoms with Gasteiger partial charge >= 0.3 is 0 Å². The Morgan fingerprint density at radius 3 is 2.53 bits per heavy atom. The molecule has 9 nitrogen and oxygen atoms in total.